The monoisotopic (exact) mass is 398 g/mol. The van der Waals surface area contributed by atoms with Gasteiger partial charge in [-0.05, 0) is 63.2 Å². The predicted octanol–water partition coefficient (Wildman–Crippen LogP) is 6.20. The van der Waals surface area contributed by atoms with Crippen molar-refractivity contribution >= 4 is 31.9 Å². The fourth-order valence-electron chi connectivity index (χ4n) is 2.27. The van der Waals surface area contributed by atoms with Crippen molar-refractivity contribution in [2.75, 3.05) is 0 Å². The summed E-state index contributed by atoms with van der Waals surface area (Å²) in [7, 11) is 0. The van der Waals surface area contributed by atoms with Crippen LogP contribution in [0, 0.1) is 5.82 Å². The van der Waals surface area contributed by atoms with E-state index in [4.69, 9.17) is 0 Å². The number of hydrogen-bond donors (Lipinski definition) is 0. The van der Waals surface area contributed by atoms with E-state index in [9.17, 15) is 4.39 Å². The Balaban J connectivity index is 2.45. The van der Waals surface area contributed by atoms with Gasteiger partial charge >= 0.3 is 0 Å². The molecule has 0 saturated heterocycles. The lowest BCUT2D eigenvalue weighted by molar-refractivity contribution is 0.620. The maximum atomic E-state index is 13.4. The third-order valence-electron chi connectivity index (χ3n) is 3.51. The Hall–Kier alpha value is -0.670. The molecule has 2 aromatic carbocycles. The fourth-order valence-corrected chi connectivity index (χ4v) is 3.38. The minimum absolute atomic E-state index is 0.0841. The van der Waals surface area contributed by atoms with Crippen LogP contribution in [0.1, 0.15) is 40.9 Å². The van der Waals surface area contributed by atoms with E-state index in [0.717, 1.165) is 18.4 Å². The minimum Gasteiger partial charge on any atom is -0.206 e. The molecule has 0 aliphatic carbocycles. The second kappa shape index (κ2) is 6.86. The Morgan fingerprint density at radius 1 is 1.05 bits per heavy atom. The van der Waals surface area contributed by atoms with Gasteiger partial charge in [-0.15, -0.1) is 0 Å². The molecule has 0 N–H and O–H groups in total. The Bertz CT molecular complexity index is 608. The van der Waals surface area contributed by atoms with Crippen molar-refractivity contribution in [2.45, 2.75) is 31.5 Å². The first-order valence-electron chi connectivity index (χ1n) is 6.77. The summed E-state index contributed by atoms with van der Waals surface area (Å²) in [6, 6.07) is 11.8. The van der Waals surface area contributed by atoms with Crippen LogP contribution in [0.5, 0.6) is 0 Å². The first-order valence-corrected chi connectivity index (χ1v) is 8.48. The van der Waals surface area contributed by atoms with Crippen LogP contribution in [-0.4, -0.2) is 0 Å². The predicted molar refractivity (Wildman–Crippen MR) is 90.1 cm³/mol. The minimum atomic E-state index is -0.230. The molecule has 20 heavy (non-hydrogen) atoms. The summed E-state index contributed by atoms with van der Waals surface area (Å²) in [4.78, 5) is 0.0841. The van der Waals surface area contributed by atoms with Crippen LogP contribution in [0.3, 0.4) is 0 Å². The van der Waals surface area contributed by atoms with E-state index < -0.39 is 0 Å². The van der Waals surface area contributed by atoms with Crippen molar-refractivity contribution in [2.24, 2.45) is 0 Å². The van der Waals surface area contributed by atoms with Crippen LogP contribution in [0.2, 0.25) is 0 Å². The molecule has 3 heteroatoms. The van der Waals surface area contributed by atoms with Gasteiger partial charge in [0, 0.05) is 0 Å². The van der Waals surface area contributed by atoms with E-state index >= 15 is 0 Å². The van der Waals surface area contributed by atoms with Crippen molar-refractivity contribution in [1.82, 2.24) is 0 Å². The summed E-state index contributed by atoms with van der Waals surface area (Å²) in [6.07, 6.45) is 2.01. The highest BCUT2D eigenvalue weighted by atomic mass is 79.9. The zero-order valence-corrected chi connectivity index (χ0v) is 14.8. The lowest BCUT2D eigenvalue weighted by atomic mass is 9.95. The molecule has 0 saturated carbocycles. The quantitative estimate of drug-likeness (QED) is 0.537. The molecule has 0 heterocycles. The zero-order valence-electron chi connectivity index (χ0n) is 11.6. The van der Waals surface area contributed by atoms with Gasteiger partial charge in [-0.25, -0.2) is 4.39 Å². The van der Waals surface area contributed by atoms with Crippen molar-refractivity contribution in [1.29, 1.82) is 0 Å². The normalized spacial score (nSPS) is 12.4. The molecule has 2 rings (SSSR count). The molecule has 1 atom stereocenters. The topological polar surface area (TPSA) is 0 Å². The molecule has 0 aliphatic rings. The Morgan fingerprint density at radius 2 is 1.80 bits per heavy atom. The molecule has 0 fully saturated rings. The smallest absolute Gasteiger partial charge is 0.137 e. The van der Waals surface area contributed by atoms with Crippen LogP contribution >= 0.6 is 31.9 Å². The van der Waals surface area contributed by atoms with Crippen molar-refractivity contribution in [3.05, 3.63) is 68.9 Å². The molecule has 0 radical (unpaired) electrons. The zero-order chi connectivity index (χ0) is 14.7. The molecule has 0 spiro atoms. The Morgan fingerprint density at radius 3 is 2.40 bits per heavy atom. The summed E-state index contributed by atoms with van der Waals surface area (Å²) in [5.41, 5.74) is 4.97. The highest BCUT2D eigenvalue weighted by Gasteiger charge is 2.15. The molecular weight excluding hydrogens is 383 g/mol. The van der Waals surface area contributed by atoms with E-state index in [2.05, 4.69) is 63.9 Å². The summed E-state index contributed by atoms with van der Waals surface area (Å²) >= 11 is 7.02. The number of hydrogen-bond acceptors (Lipinski definition) is 0. The number of rotatable bonds is 4. The van der Waals surface area contributed by atoms with Crippen LogP contribution in [-0.2, 0) is 12.8 Å². The number of halogens is 3. The standard InChI is InChI=1S/C17H17Br2F/c1-3-11-5-6-12(4-2)14(9-11)17(19)13-7-8-16(20)15(18)10-13/h5-10,17H,3-4H2,1-2H3. The number of aryl methyl sites for hydroxylation is 2. The molecule has 2 aromatic rings. The lowest BCUT2D eigenvalue weighted by Crippen LogP contribution is -2.00. The van der Waals surface area contributed by atoms with Crippen molar-refractivity contribution in [3.63, 3.8) is 0 Å². The SMILES string of the molecule is CCc1ccc(CC)c(C(Br)c2ccc(F)c(Br)c2)c1. The van der Waals surface area contributed by atoms with Gasteiger partial charge < -0.3 is 0 Å². The molecular formula is C17H17Br2F. The second-order valence-corrected chi connectivity index (χ2v) is 6.55. The third kappa shape index (κ3) is 3.32. The third-order valence-corrected chi connectivity index (χ3v) is 5.14. The van der Waals surface area contributed by atoms with E-state index in [1.807, 2.05) is 12.1 Å². The fraction of sp³-hybridized carbons (Fsp3) is 0.294. The van der Waals surface area contributed by atoms with Gasteiger partial charge in [0.25, 0.3) is 0 Å². The van der Waals surface area contributed by atoms with Gasteiger partial charge in [0.1, 0.15) is 5.82 Å². The van der Waals surface area contributed by atoms with Crippen LogP contribution < -0.4 is 0 Å². The van der Waals surface area contributed by atoms with E-state index in [1.165, 1.54) is 22.8 Å². The lowest BCUT2D eigenvalue weighted by Gasteiger charge is -2.17. The maximum Gasteiger partial charge on any atom is 0.137 e. The summed E-state index contributed by atoms with van der Waals surface area (Å²) in [5, 5.41) is 0. The molecule has 0 aromatic heterocycles. The van der Waals surface area contributed by atoms with E-state index in [1.54, 1.807) is 0 Å². The van der Waals surface area contributed by atoms with Crippen LogP contribution in [0.15, 0.2) is 40.9 Å². The van der Waals surface area contributed by atoms with Gasteiger partial charge in [0.15, 0.2) is 0 Å². The average molecular weight is 400 g/mol. The Kier molecular flexibility index (Phi) is 5.39. The van der Waals surface area contributed by atoms with Crippen LogP contribution in [0.25, 0.3) is 0 Å². The molecule has 0 nitrogen and oxygen atoms in total. The number of alkyl halides is 1. The highest BCUT2D eigenvalue weighted by molar-refractivity contribution is 9.10. The Labute approximate surface area is 136 Å². The van der Waals surface area contributed by atoms with Gasteiger partial charge in [-0.2, -0.15) is 0 Å². The molecule has 0 amide bonds. The van der Waals surface area contributed by atoms with Crippen molar-refractivity contribution in [3.8, 4) is 0 Å². The van der Waals surface area contributed by atoms with Crippen molar-refractivity contribution < 1.29 is 4.39 Å². The summed E-state index contributed by atoms with van der Waals surface area (Å²) in [5.74, 6) is -0.230. The average Bonchev–Trinajstić information content (AvgIpc) is 2.48. The van der Waals surface area contributed by atoms with Crippen LogP contribution in [0.4, 0.5) is 4.39 Å². The molecule has 106 valence electrons. The maximum absolute atomic E-state index is 13.4. The van der Waals surface area contributed by atoms with Gasteiger partial charge in [0.05, 0.1) is 9.30 Å². The van der Waals surface area contributed by atoms with Gasteiger partial charge in [0.2, 0.25) is 0 Å². The highest BCUT2D eigenvalue weighted by Crippen LogP contribution is 2.35. The first kappa shape index (κ1) is 15.7. The van der Waals surface area contributed by atoms with E-state index in [0.29, 0.717) is 4.47 Å². The molecule has 0 bridgehead atoms. The van der Waals surface area contributed by atoms with E-state index in [-0.39, 0.29) is 10.6 Å². The van der Waals surface area contributed by atoms with Gasteiger partial charge in [-0.3, -0.25) is 0 Å². The molecule has 1 unspecified atom stereocenters. The number of benzene rings is 2. The summed E-state index contributed by atoms with van der Waals surface area (Å²) < 4.78 is 13.9. The first-order chi connectivity index (χ1) is 9.56. The molecule has 0 aliphatic heterocycles. The second-order valence-electron chi connectivity index (χ2n) is 4.78. The largest absolute Gasteiger partial charge is 0.206 e. The van der Waals surface area contributed by atoms with Gasteiger partial charge in [-0.1, -0.05) is 54.0 Å². The summed E-state index contributed by atoms with van der Waals surface area (Å²) in [6.45, 7) is 4.31.